The topological polar surface area (TPSA) is 78.0 Å². The molecule has 3 N–H and O–H groups in total. The predicted molar refractivity (Wildman–Crippen MR) is 124 cm³/mol. The van der Waals surface area contributed by atoms with E-state index in [-0.39, 0.29) is 5.82 Å². The Hall–Kier alpha value is -3.84. The van der Waals surface area contributed by atoms with E-state index in [1.54, 1.807) is 18.3 Å². The Balaban J connectivity index is 1.45. The Morgan fingerprint density at radius 1 is 0.938 bits per heavy atom. The van der Waals surface area contributed by atoms with E-state index in [0.717, 1.165) is 69.8 Å². The van der Waals surface area contributed by atoms with Crippen LogP contribution in [-0.2, 0) is 6.54 Å². The molecular weight excluding hydrogens is 403 g/mol. The van der Waals surface area contributed by atoms with Crippen LogP contribution < -0.4 is 10.7 Å². The third kappa shape index (κ3) is 3.27. The maximum atomic E-state index is 13.4. The molecule has 0 aliphatic carbocycles. The number of aromatic amines is 1. The first-order chi connectivity index (χ1) is 15.8. The molecule has 0 fully saturated rings. The van der Waals surface area contributed by atoms with E-state index in [0.29, 0.717) is 6.54 Å². The first kappa shape index (κ1) is 18.9. The molecule has 3 aromatic heterocycles. The maximum Gasteiger partial charge on any atom is 0.123 e. The van der Waals surface area contributed by atoms with Gasteiger partial charge in [0.1, 0.15) is 11.5 Å². The highest BCUT2D eigenvalue weighted by molar-refractivity contribution is 6.15. The number of benzene rings is 1. The van der Waals surface area contributed by atoms with Crippen LogP contribution in [0, 0.1) is 5.82 Å². The average molecular weight is 424 g/mol. The van der Waals surface area contributed by atoms with E-state index in [1.807, 2.05) is 12.4 Å². The van der Waals surface area contributed by atoms with Crippen molar-refractivity contribution in [3.05, 3.63) is 89.4 Å². The van der Waals surface area contributed by atoms with Gasteiger partial charge in [0, 0.05) is 35.5 Å². The molecule has 32 heavy (non-hydrogen) atoms. The van der Waals surface area contributed by atoms with Gasteiger partial charge >= 0.3 is 0 Å². The fourth-order valence-electron chi connectivity index (χ4n) is 4.40. The van der Waals surface area contributed by atoms with Crippen molar-refractivity contribution in [2.24, 2.45) is 5.10 Å². The Labute approximate surface area is 184 Å². The first-order valence-corrected chi connectivity index (χ1v) is 10.7. The van der Waals surface area contributed by atoms with Crippen molar-refractivity contribution >= 4 is 22.2 Å². The molecule has 6 rings (SSSR count). The number of hydrazone groups is 1. The van der Waals surface area contributed by atoms with E-state index in [1.165, 1.54) is 17.7 Å². The summed E-state index contributed by atoms with van der Waals surface area (Å²) in [7, 11) is 0. The van der Waals surface area contributed by atoms with Crippen LogP contribution in [0.3, 0.4) is 0 Å². The Kier molecular flexibility index (Phi) is 4.54. The second-order valence-corrected chi connectivity index (χ2v) is 8.04. The Bertz CT molecular complexity index is 1380. The largest absolute Gasteiger partial charge is 0.352 e. The van der Waals surface area contributed by atoms with Gasteiger partial charge in [0.15, 0.2) is 0 Å². The van der Waals surface area contributed by atoms with Crippen LogP contribution >= 0.6 is 0 Å². The van der Waals surface area contributed by atoms with Crippen LogP contribution in [0.4, 0.5) is 4.39 Å². The van der Waals surface area contributed by atoms with E-state index >= 15 is 0 Å². The molecule has 0 atom stereocenters. The third-order valence-electron chi connectivity index (χ3n) is 6.05. The van der Waals surface area contributed by atoms with E-state index in [9.17, 15) is 4.39 Å². The summed E-state index contributed by atoms with van der Waals surface area (Å²) in [6.07, 6.45) is 8.80. The predicted octanol–water partition coefficient (Wildman–Crippen LogP) is 4.00. The fraction of sp³-hybridized carbons (Fsp3) is 0.160. The van der Waals surface area contributed by atoms with Gasteiger partial charge in [0.25, 0.3) is 0 Å². The average Bonchev–Trinajstić information content (AvgIpc) is 3.29. The zero-order valence-corrected chi connectivity index (χ0v) is 17.3. The molecule has 2 aliphatic rings. The molecule has 5 heterocycles. The zero-order chi connectivity index (χ0) is 21.5. The molecule has 0 amide bonds. The summed E-state index contributed by atoms with van der Waals surface area (Å²) in [4.78, 5) is 12.6. The monoisotopic (exact) mass is 424 g/mol. The number of fused-ring (bicyclic) bond motifs is 2. The molecule has 0 radical (unpaired) electrons. The Morgan fingerprint density at radius 3 is 2.69 bits per heavy atom. The van der Waals surface area contributed by atoms with E-state index < -0.39 is 0 Å². The van der Waals surface area contributed by atoms with Gasteiger partial charge in [-0.2, -0.15) is 5.10 Å². The van der Waals surface area contributed by atoms with Crippen molar-refractivity contribution in [3.8, 4) is 11.1 Å². The summed E-state index contributed by atoms with van der Waals surface area (Å²) >= 11 is 0. The normalized spacial score (nSPS) is 15.7. The minimum atomic E-state index is -0.255. The fourth-order valence-corrected chi connectivity index (χ4v) is 4.40. The lowest BCUT2D eigenvalue weighted by molar-refractivity contribution is 0.628. The molecule has 4 aromatic rings. The number of rotatable bonds is 3. The number of hydrogen-bond donors (Lipinski definition) is 3. The van der Waals surface area contributed by atoms with Crippen LogP contribution in [0.5, 0.6) is 0 Å². The van der Waals surface area contributed by atoms with Crippen molar-refractivity contribution in [2.45, 2.75) is 13.0 Å². The summed E-state index contributed by atoms with van der Waals surface area (Å²) in [5.41, 5.74) is 12.1. The maximum absolute atomic E-state index is 13.4. The number of pyridine rings is 2. The van der Waals surface area contributed by atoms with E-state index in [2.05, 4.69) is 44.0 Å². The number of hydrogen-bond acceptors (Lipinski definition) is 5. The number of aromatic nitrogens is 3. The third-order valence-corrected chi connectivity index (χ3v) is 6.05. The van der Waals surface area contributed by atoms with Crippen LogP contribution in [0.25, 0.3) is 27.6 Å². The molecule has 158 valence electrons. The van der Waals surface area contributed by atoms with Crippen molar-refractivity contribution in [1.82, 2.24) is 25.7 Å². The van der Waals surface area contributed by atoms with Gasteiger partial charge in [0.05, 0.1) is 29.6 Å². The lowest BCUT2D eigenvalue weighted by atomic mass is 9.96. The van der Waals surface area contributed by atoms with Crippen molar-refractivity contribution in [3.63, 3.8) is 0 Å². The first-order valence-electron chi connectivity index (χ1n) is 10.7. The van der Waals surface area contributed by atoms with Crippen LogP contribution in [0.1, 0.15) is 28.9 Å². The Morgan fingerprint density at radius 2 is 1.84 bits per heavy atom. The van der Waals surface area contributed by atoms with Gasteiger partial charge in [-0.3, -0.25) is 9.97 Å². The highest BCUT2D eigenvalue weighted by atomic mass is 19.1. The quantitative estimate of drug-likeness (QED) is 0.465. The minimum Gasteiger partial charge on any atom is -0.352 e. The number of nitrogens with one attached hydrogen (secondary N) is 3. The lowest BCUT2D eigenvalue weighted by Crippen LogP contribution is -2.23. The van der Waals surface area contributed by atoms with E-state index in [4.69, 9.17) is 4.98 Å². The molecular formula is C25H21FN6. The number of H-pyrrole nitrogens is 1. The number of nitrogens with zero attached hydrogens (tertiary/aromatic N) is 3. The molecule has 2 aliphatic heterocycles. The summed E-state index contributed by atoms with van der Waals surface area (Å²) in [5, 5.41) is 9.00. The van der Waals surface area contributed by atoms with Crippen molar-refractivity contribution in [2.75, 3.05) is 13.1 Å². The van der Waals surface area contributed by atoms with Gasteiger partial charge in [0.2, 0.25) is 0 Å². The molecule has 1 aromatic carbocycles. The molecule has 6 nitrogen and oxygen atoms in total. The SMILES string of the molecule is Fc1ccc(-c2cncc3[nH]c(C4=NNCc5ncc(C6=CCNCC6)cc54)cc23)cc1. The zero-order valence-electron chi connectivity index (χ0n) is 17.3. The second-order valence-electron chi connectivity index (χ2n) is 8.04. The molecule has 0 spiro atoms. The van der Waals surface area contributed by atoms with Crippen LogP contribution in [0.2, 0.25) is 0 Å². The van der Waals surface area contributed by atoms with Gasteiger partial charge in [-0.05, 0) is 53.9 Å². The second kappa shape index (κ2) is 7.69. The van der Waals surface area contributed by atoms with Gasteiger partial charge < -0.3 is 15.7 Å². The smallest absolute Gasteiger partial charge is 0.123 e. The molecule has 7 heteroatoms. The van der Waals surface area contributed by atoms with Crippen molar-refractivity contribution < 1.29 is 4.39 Å². The summed E-state index contributed by atoms with van der Waals surface area (Å²) < 4.78 is 13.4. The van der Waals surface area contributed by atoms with Gasteiger partial charge in [-0.15, -0.1) is 0 Å². The van der Waals surface area contributed by atoms with Gasteiger partial charge in [-0.25, -0.2) is 4.39 Å². The molecule has 0 saturated heterocycles. The standard InChI is InChI=1S/C25H21FN6/c26-18-3-1-16(2-4-18)21-12-28-13-24-19(21)10-22(31-24)25-20-9-17(15-5-7-27-8-6-15)11-29-23(20)14-30-32-25/h1-5,9-13,27,30-31H,6-8,14H2. The van der Waals surface area contributed by atoms with Crippen LogP contribution in [0.15, 0.2) is 66.2 Å². The molecule has 0 bridgehead atoms. The minimum absolute atomic E-state index is 0.255. The number of halogens is 1. The summed E-state index contributed by atoms with van der Waals surface area (Å²) in [6.45, 7) is 2.46. The van der Waals surface area contributed by atoms with Crippen molar-refractivity contribution in [1.29, 1.82) is 0 Å². The highest BCUT2D eigenvalue weighted by Gasteiger charge is 2.21. The highest BCUT2D eigenvalue weighted by Crippen LogP contribution is 2.30. The summed E-state index contributed by atoms with van der Waals surface area (Å²) in [6, 6.07) is 10.8. The summed E-state index contributed by atoms with van der Waals surface area (Å²) in [5.74, 6) is -0.255. The van der Waals surface area contributed by atoms with Crippen LogP contribution in [-0.4, -0.2) is 33.8 Å². The molecule has 0 saturated carbocycles. The lowest BCUT2D eigenvalue weighted by Gasteiger charge is -2.19. The molecule has 0 unspecified atom stereocenters. The van der Waals surface area contributed by atoms with Gasteiger partial charge in [-0.1, -0.05) is 18.2 Å².